The molecule has 0 saturated carbocycles. The van der Waals surface area contributed by atoms with Gasteiger partial charge in [-0.1, -0.05) is 0 Å². The van der Waals surface area contributed by atoms with Crippen LogP contribution in [-0.4, -0.2) is 52.2 Å². The molecule has 92 valence electrons. The van der Waals surface area contributed by atoms with Crippen molar-refractivity contribution < 1.29 is 9.90 Å². The van der Waals surface area contributed by atoms with E-state index < -0.39 is 6.09 Å². The van der Waals surface area contributed by atoms with Crippen LogP contribution in [0.3, 0.4) is 0 Å². The van der Waals surface area contributed by atoms with Crippen molar-refractivity contribution in [3.63, 3.8) is 0 Å². The Kier molecular flexibility index (Phi) is 3.58. The maximum absolute atomic E-state index is 10.8. The molecule has 1 N–H and O–H groups in total. The summed E-state index contributed by atoms with van der Waals surface area (Å²) >= 11 is 0. The van der Waals surface area contributed by atoms with Crippen LogP contribution in [0.25, 0.3) is 0 Å². The summed E-state index contributed by atoms with van der Waals surface area (Å²) < 4.78 is 0. The highest BCUT2D eigenvalue weighted by Crippen LogP contribution is 2.09. The van der Waals surface area contributed by atoms with E-state index in [1.54, 1.807) is 0 Å². The largest absolute Gasteiger partial charge is 0.465 e. The summed E-state index contributed by atoms with van der Waals surface area (Å²) in [4.78, 5) is 18.7. The zero-order valence-corrected chi connectivity index (χ0v) is 9.96. The predicted octanol–water partition coefficient (Wildman–Crippen LogP) is 1.19. The molecular weight excluding hydrogens is 218 g/mol. The van der Waals surface area contributed by atoms with Crippen LogP contribution in [-0.2, 0) is 6.54 Å². The Morgan fingerprint density at radius 3 is 2.71 bits per heavy atom. The van der Waals surface area contributed by atoms with Crippen molar-refractivity contribution in [3.05, 3.63) is 29.6 Å². The van der Waals surface area contributed by atoms with E-state index in [2.05, 4.69) is 16.0 Å². The molecule has 0 radical (unpaired) electrons. The van der Waals surface area contributed by atoms with E-state index in [4.69, 9.17) is 5.11 Å². The molecule has 1 saturated heterocycles. The monoisotopic (exact) mass is 235 g/mol. The first kappa shape index (κ1) is 11.9. The summed E-state index contributed by atoms with van der Waals surface area (Å²) in [6.45, 7) is 5.64. The highest BCUT2D eigenvalue weighted by Gasteiger charge is 2.20. The molecule has 1 amide bonds. The summed E-state index contributed by atoms with van der Waals surface area (Å²) in [6.07, 6.45) is 1.00. The highest BCUT2D eigenvalue weighted by atomic mass is 16.4. The number of hydrogen-bond donors (Lipinski definition) is 1. The second kappa shape index (κ2) is 5.14. The first-order chi connectivity index (χ1) is 8.15. The van der Waals surface area contributed by atoms with Gasteiger partial charge in [0, 0.05) is 44.6 Å². The number of nitrogens with zero attached hydrogens (tertiary/aromatic N) is 3. The number of rotatable bonds is 2. The van der Waals surface area contributed by atoms with E-state index in [-0.39, 0.29) is 0 Å². The lowest BCUT2D eigenvalue weighted by molar-refractivity contribution is 0.103. The number of amides is 1. The van der Waals surface area contributed by atoms with E-state index in [0.29, 0.717) is 13.1 Å². The molecule has 1 fully saturated rings. The SMILES string of the molecule is Cc1cc(CN2CCN(C(=O)O)CC2)ccn1. The molecule has 1 aliphatic heterocycles. The van der Waals surface area contributed by atoms with Gasteiger partial charge in [-0.2, -0.15) is 0 Å². The zero-order chi connectivity index (χ0) is 12.3. The lowest BCUT2D eigenvalue weighted by Crippen LogP contribution is -2.47. The zero-order valence-electron chi connectivity index (χ0n) is 9.96. The Labute approximate surface area is 101 Å². The summed E-state index contributed by atoms with van der Waals surface area (Å²) in [6, 6.07) is 4.08. The fourth-order valence-electron chi connectivity index (χ4n) is 2.06. The number of carbonyl (C=O) groups is 1. The average molecular weight is 235 g/mol. The molecule has 0 bridgehead atoms. The lowest BCUT2D eigenvalue weighted by Gasteiger charge is -2.33. The van der Waals surface area contributed by atoms with Crippen LogP contribution in [0.4, 0.5) is 4.79 Å². The molecule has 0 aromatic carbocycles. The second-order valence-corrected chi connectivity index (χ2v) is 4.35. The summed E-state index contributed by atoms with van der Waals surface area (Å²) in [5.74, 6) is 0. The van der Waals surface area contributed by atoms with Crippen LogP contribution in [0, 0.1) is 6.92 Å². The van der Waals surface area contributed by atoms with Crippen molar-refractivity contribution in [2.45, 2.75) is 13.5 Å². The molecule has 1 aliphatic rings. The smallest absolute Gasteiger partial charge is 0.407 e. The number of aromatic nitrogens is 1. The van der Waals surface area contributed by atoms with E-state index in [9.17, 15) is 4.79 Å². The highest BCUT2D eigenvalue weighted by molar-refractivity contribution is 5.65. The van der Waals surface area contributed by atoms with Crippen LogP contribution in [0.1, 0.15) is 11.3 Å². The third-order valence-electron chi connectivity index (χ3n) is 3.01. The van der Waals surface area contributed by atoms with Crippen LogP contribution in [0.5, 0.6) is 0 Å². The van der Waals surface area contributed by atoms with Crippen LogP contribution >= 0.6 is 0 Å². The molecule has 0 spiro atoms. The van der Waals surface area contributed by atoms with Gasteiger partial charge >= 0.3 is 6.09 Å². The molecule has 1 aromatic heterocycles. The average Bonchev–Trinajstić information content (AvgIpc) is 2.29. The van der Waals surface area contributed by atoms with Gasteiger partial charge in [0.2, 0.25) is 0 Å². The van der Waals surface area contributed by atoms with Crippen molar-refractivity contribution in [1.82, 2.24) is 14.8 Å². The molecule has 5 nitrogen and oxygen atoms in total. The lowest BCUT2D eigenvalue weighted by atomic mass is 10.2. The molecule has 1 aromatic rings. The third kappa shape index (κ3) is 3.17. The molecule has 0 aliphatic carbocycles. The van der Waals surface area contributed by atoms with Crippen molar-refractivity contribution in [2.24, 2.45) is 0 Å². The second-order valence-electron chi connectivity index (χ2n) is 4.35. The van der Waals surface area contributed by atoms with Crippen LogP contribution < -0.4 is 0 Å². The first-order valence-electron chi connectivity index (χ1n) is 5.77. The molecule has 0 atom stereocenters. The van der Waals surface area contributed by atoms with Gasteiger partial charge in [-0.25, -0.2) is 4.79 Å². The number of hydrogen-bond acceptors (Lipinski definition) is 3. The number of pyridine rings is 1. The topological polar surface area (TPSA) is 56.7 Å². The first-order valence-corrected chi connectivity index (χ1v) is 5.77. The van der Waals surface area contributed by atoms with Crippen LogP contribution in [0.15, 0.2) is 18.3 Å². The van der Waals surface area contributed by atoms with Crippen molar-refractivity contribution in [1.29, 1.82) is 0 Å². The molecule has 5 heteroatoms. The van der Waals surface area contributed by atoms with Gasteiger partial charge in [0.15, 0.2) is 0 Å². The Morgan fingerprint density at radius 1 is 1.41 bits per heavy atom. The third-order valence-corrected chi connectivity index (χ3v) is 3.01. The Bertz CT molecular complexity index is 400. The summed E-state index contributed by atoms with van der Waals surface area (Å²) in [5, 5.41) is 8.85. The summed E-state index contributed by atoms with van der Waals surface area (Å²) in [7, 11) is 0. The number of carboxylic acid groups (broad SMARTS) is 1. The number of aryl methyl sites for hydroxylation is 1. The molecule has 2 rings (SSSR count). The minimum Gasteiger partial charge on any atom is -0.465 e. The van der Waals surface area contributed by atoms with E-state index in [1.165, 1.54) is 10.5 Å². The van der Waals surface area contributed by atoms with Gasteiger partial charge in [-0.05, 0) is 24.6 Å². The van der Waals surface area contributed by atoms with E-state index >= 15 is 0 Å². The maximum atomic E-state index is 10.8. The fraction of sp³-hybridized carbons (Fsp3) is 0.500. The quantitative estimate of drug-likeness (QED) is 0.836. The van der Waals surface area contributed by atoms with Crippen LogP contribution in [0.2, 0.25) is 0 Å². The standard InChI is InChI=1S/C12H17N3O2/c1-10-8-11(2-3-13-10)9-14-4-6-15(7-5-14)12(16)17/h2-3,8H,4-7,9H2,1H3,(H,16,17). The Hall–Kier alpha value is -1.62. The fourth-order valence-corrected chi connectivity index (χ4v) is 2.06. The normalized spacial score (nSPS) is 17.1. The minimum atomic E-state index is -0.815. The van der Waals surface area contributed by atoms with Gasteiger partial charge in [-0.15, -0.1) is 0 Å². The number of piperazine rings is 1. The molecular formula is C12H17N3O2. The van der Waals surface area contributed by atoms with Gasteiger partial charge in [-0.3, -0.25) is 9.88 Å². The molecule has 2 heterocycles. The van der Waals surface area contributed by atoms with E-state index in [1.807, 2.05) is 19.2 Å². The molecule has 17 heavy (non-hydrogen) atoms. The molecule has 0 unspecified atom stereocenters. The Balaban J connectivity index is 1.88. The van der Waals surface area contributed by atoms with Gasteiger partial charge in [0.25, 0.3) is 0 Å². The van der Waals surface area contributed by atoms with Gasteiger partial charge in [0.05, 0.1) is 0 Å². The van der Waals surface area contributed by atoms with Gasteiger partial charge in [0.1, 0.15) is 0 Å². The van der Waals surface area contributed by atoms with E-state index in [0.717, 1.165) is 25.3 Å². The van der Waals surface area contributed by atoms with Crippen molar-refractivity contribution >= 4 is 6.09 Å². The summed E-state index contributed by atoms with van der Waals surface area (Å²) in [5.41, 5.74) is 2.26. The Morgan fingerprint density at radius 2 is 2.12 bits per heavy atom. The predicted molar refractivity (Wildman–Crippen MR) is 63.8 cm³/mol. The maximum Gasteiger partial charge on any atom is 0.407 e. The van der Waals surface area contributed by atoms with Gasteiger partial charge < -0.3 is 10.0 Å². The van der Waals surface area contributed by atoms with Crippen molar-refractivity contribution in [3.8, 4) is 0 Å². The minimum absolute atomic E-state index is 0.597. The van der Waals surface area contributed by atoms with Crippen molar-refractivity contribution in [2.75, 3.05) is 26.2 Å².